The third kappa shape index (κ3) is 7.75. The topological polar surface area (TPSA) is 86.6 Å². The smallest absolute Gasteiger partial charge is 0.338 e. The highest BCUT2D eigenvalue weighted by atomic mass is 16.5. The minimum absolute atomic E-state index is 0.153. The van der Waals surface area contributed by atoms with Gasteiger partial charge in [0.05, 0.1) is 30.4 Å². The highest BCUT2D eigenvalue weighted by Gasteiger charge is 2.24. The quantitative estimate of drug-likeness (QED) is 0.395. The molecule has 160 valence electrons. The van der Waals surface area contributed by atoms with Crippen molar-refractivity contribution in [2.24, 2.45) is 10.2 Å². The number of esters is 2. The summed E-state index contributed by atoms with van der Waals surface area (Å²) in [7, 11) is 1.53. The Labute approximate surface area is 177 Å². The summed E-state index contributed by atoms with van der Waals surface area (Å²) in [6.45, 7) is 4.05. The van der Waals surface area contributed by atoms with E-state index in [2.05, 4.69) is 10.2 Å². The molecule has 0 aliphatic carbocycles. The van der Waals surface area contributed by atoms with Crippen LogP contribution in [0.5, 0.6) is 0 Å². The number of ether oxygens (including phenoxy) is 3. The molecule has 2 unspecified atom stereocenters. The van der Waals surface area contributed by atoms with Crippen molar-refractivity contribution in [3.63, 3.8) is 0 Å². The van der Waals surface area contributed by atoms with Crippen molar-refractivity contribution < 1.29 is 23.8 Å². The largest absolute Gasteiger partial charge is 0.462 e. The molecule has 0 radical (unpaired) electrons. The number of methoxy groups -OCH3 is 1. The Morgan fingerprint density at radius 2 is 1.40 bits per heavy atom. The first-order valence-electron chi connectivity index (χ1n) is 9.85. The third-order valence-corrected chi connectivity index (χ3v) is 4.49. The molecule has 0 fully saturated rings. The average molecular weight is 412 g/mol. The van der Waals surface area contributed by atoms with Crippen molar-refractivity contribution in [2.75, 3.05) is 20.3 Å². The lowest BCUT2D eigenvalue weighted by molar-refractivity contribution is -0.0187. The fourth-order valence-corrected chi connectivity index (χ4v) is 2.44. The number of nitrogens with zero attached hydrogens (tertiary/aromatic N) is 2. The number of azo groups is 1. The van der Waals surface area contributed by atoms with E-state index in [0.29, 0.717) is 24.0 Å². The molecule has 0 amide bonds. The van der Waals surface area contributed by atoms with Crippen molar-refractivity contribution in [1.82, 2.24) is 0 Å². The Morgan fingerprint density at radius 3 is 1.90 bits per heavy atom. The van der Waals surface area contributed by atoms with E-state index in [1.54, 1.807) is 55.5 Å². The van der Waals surface area contributed by atoms with Crippen LogP contribution >= 0.6 is 0 Å². The van der Waals surface area contributed by atoms with Crippen LogP contribution in [0.4, 0.5) is 0 Å². The van der Waals surface area contributed by atoms with Crippen LogP contribution in [0.25, 0.3) is 0 Å². The van der Waals surface area contributed by atoms with Crippen LogP contribution in [-0.2, 0) is 14.2 Å². The summed E-state index contributed by atoms with van der Waals surface area (Å²) in [4.78, 5) is 23.9. The standard InChI is InChI=1S/C23H28N2O5/c1-18(14-16-29-21(26)19-10-6-4-7-11-19)24-25-23(2,28-3)15-17-30-22(27)20-12-8-5-9-13-20/h4-13,18H,14-17H2,1-3H3. The molecule has 2 aromatic carbocycles. The van der Waals surface area contributed by atoms with Crippen molar-refractivity contribution in [1.29, 1.82) is 0 Å². The molecule has 0 aliphatic rings. The van der Waals surface area contributed by atoms with Gasteiger partial charge in [0.1, 0.15) is 0 Å². The summed E-state index contributed by atoms with van der Waals surface area (Å²) in [5.74, 6) is -0.749. The third-order valence-electron chi connectivity index (χ3n) is 4.49. The Bertz CT molecular complexity index is 826. The minimum atomic E-state index is -0.911. The molecule has 0 aromatic heterocycles. The second-order valence-corrected chi connectivity index (χ2v) is 6.99. The number of carbonyl (C=O) groups excluding carboxylic acids is 2. The van der Waals surface area contributed by atoms with Crippen LogP contribution in [0.2, 0.25) is 0 Å². The maximum Gasteiger partial charge on any atom is 0.338 e. The van der Waals surface area contributed by atoms with Crippen LogP contribution in [0.15, 0.2) is 70.9 Å². The predicted octanol–water partition coefficient (Wildman–Crippen LogP) is 4.68. The summed E-state index contributed by atoms with van der Waals surface area (Å²) in [5, 5.41) is 8.53. The molecule has 0 aliphatic heterocycles. The molecule has 0 bridgehead atoms. The number of benzene rings is 2. The van der Waals surface area contributed by atoms with Crippen molar-refractivity contribution in [2.45, 2.75) is 38.5 Å². The van der Waals surface area contributed by atoms with Crippen LogP contribution in [0, 0.1) is 0 Å². The summed E-state index contributed by atoms with van der Waals surface area (Å²) < 4.78 is 16.0. The van der Waals surface area contributed by atoms with Gasteiger partial charge < -0.3 is 14.2 Å². The van der Waals surface area contributed by atoms with Gasteiger partial charge in [-0.3, -0.25) is 0 Å². The fourth-order valence-electron chi connectivity index (χ4n) is 2.44. The van der Waals surface area contributed by atoms with Crippen molar-refractivity contribution in [3.8, 4) is 0 Å². The van der Waals surface area contributed by atoms with Gasteiger partial charge >= 0.3 is 11.9 Å². The maximum absolute atomic E-state index is 12.0. The maximum atomic E-state index is 12.0. The zero-order chi connectivity index (χ0) is 21.8. The lowest BCUT2D eigenvalue weighted by atomic mass is 10.2. The van der Waals surface area contributed by atoms with Crippen molar-refractivity contribution >= 4 is 11.9 Å². The first-order chi connectivity index (χ1) is 14.4. The molecule has 2 aromatic rings. The van der Waals surface area contributed by atoms with E-state index < -0.39 is 5.72 Å². The van der Waals surface area contributed by atoms with E-state index in [0.717, 1.165) is 0 Å². The van der Waals surface area contributed by atoms with Gasteiger partial charge in [-0.25, -0.2) is 9.59 Å². The Balaban J connectivity index is 1.74. The molecule has 7 nitrogen and oxygen atoms in total. The number of rotatable bonds is 11. The Morgan fingerprint density at radius 1 is 0.900 bits per heavy atom. The molecule has 30 heavy (non-hydrogen) atoms. The SMILES string of the molecule is COC(C)(CCOC(=O)c1ccccc1)N=NC(C)CCOC(=O)c1ccccc1. The second-order valence-electron chi connectivity index (χ2n) is 6.99. The normalized spacial score (nSPS) is 14.1. The van der Waals surface area contributed by atoms with Gasteiger partial charge in [-0.2, -0.15) is 10.2 Å². The molecule has 7 heteroatoms. The molecule has 0 saturated carbocycles. The summed E-state index contributed by atoms with van der Waals surface area (Å²) >= 11 is 0. The lowest BCUT2D eigenvalue weighted by Gasteiger charge is -2.22. The minimum Gasteiger partial charge on any atom is -0.462 e. The van der Waals surface area contributed by atoms with E-state index in [1.165, 1.54) is 7.11 Å². The Kier molecular flexibility index (Phi) is 9.15. The van der Waals surface area contributed by atoms with Gasteiger partial charge in [-0.1, -0.05) is 36.4 Å². The summed E-state index contributed by atoms with van der Waals surface area (Å²) in [6.07, 6.45) is 0.895. The van der Waals surface area contributed by atoms with Gasteiger partial charge in [-0.05, 0) is 38.1 Å². The monoisotopic (exact) mass is 412 g/mol. The summed E-state index contributed by atoms with van der Waals surface area (Å²) in [5.41, 5.74) is 0.104. The molecule has 0 saturated heterocycles. The highest BCUT2D eigenvalue weighted by molar-refractivity contribution is 5.89. The predicted molar refractivity (Wildman–Crippen MR) is 112 cm³/mol. The van der Waals surface area contributed by atoms with Gasteiger partial charge in [0.2, 0.25) is 0 Å². The first-order valence-corrected chi connectivity index (χ1v) is 9.85. The van der Waals surface area contributed by atoms with E-state index >= 15 is 0 Å². The highest BCUT2D eigenvalue weighted by Crippen LogP contribution is 2.18. The Hall–Kier alpha value is -3.06. The molecule has 2 rings (SSSR count). The average Bonchev–Trinajstić information content (AvgIpc) is 2.78. The van der Waals surface area contributed by atoms with Crippen LogP contribution in [0.3, 0.4) is 0 Å². The summed E-state index contributed by atoms with van der Waals surface area (Å²) in [6, 6.07) is 17.5. The van der Waals surface area contributed by atoms with E-state index in [4.69, 9.17) is 14.2 Å². The van der Waals surface area contributed by atoms with Gasteiger partial charge in [0.15, 0.2) is 5.72 Å². The molecular formula is C23H28N2O5. The number of hydrogen-bond acceptors (Lipinski definition) is 7. The van der Waals surface area contributed by atoms with Gasteiger partial charge in [0, 0.05) is 20.0 Å². The molecular weight excluding hydrogens is 384 g/mol. The lowest BCUT2D eigenvalue weighted by Crippen LogP contribution is -2.27. The van der Waals surface area contributed by atoms with Crippen LogP contribution in [0.1, 0.15) is 47.4 Å². The van der Waals surface area contributed by atoms with Crippen molar-refractivity contribution in [3.05, 3.63) is 71.8 Å². The molecule has 2 atom stereocenters. The van der Waals surface area contributed by atoms with E-state index in [9.17, 15) is 9.59 Å². The number of carbonyl (C=O) groups is 2. The molecule has 0 heterocycles. The molecule has 0 N–H and O–H groups in total. The second kappa shape index (κ2) is 11.8. The first kappa shape index (κ1) is 23.2. The van der Waals surface area contributed by atoms with E-state index in [-0.39, 0.29) is 31.2 Å². The number of hydrogen-bond donors (Lipinski definition) is 0. The van der Waals surface area contributed by atoms with Crippen LogP contribution in [-0.4, -0.2) is 44.0 Å². The van der Waals surface area contributed by atoms with Crippen LogP contribution < -0.4 is 0 Å². The zero-order valence-corrected chi connectivity index (χ0v) is 17.6. The fraction of sp³-hybridized carbons (Fsp3) is 0.391. The zero-order valence-electron chi connectivity index (χ0n) is 17.6. The van der Waals surface area contributed by atoms with Gasteiger partial charge in [0.25, 0.3) is 0 Å². The molecule has 0 spiro atoms. The van der Waals surface area contributed by atoms with E-state index in [1.807, 2.05) is 19.1 Å². The van der Waals surface area contributed by atoms with Gasteiger partial charge in [-0.15, -0.1) is 0 Å².